The molecular formula is C9H11FN2O. The molecule has 0 aliphatic carbocycles. The largest absolute Gasteiger partial charge is 0.325 e. The molecule has 0 aliphatic heterocycles. The number of nitrogens with one attached hydrogen (secondary N) is 1. The van der Waals surface area contributed by atoms with E-state index in [1.54, 1.807) is 6.92 Å². The Kier molecular flexibility index (Phi) is 2.97. The molecule has 0 bridgehead atoms. The monoisotopic (exact) mass is 182 g/mol. The molecule has 0 atom stereocenters. The van der Waals surface area contributed by atoms with Gasteiger partial charge >= 0.3 is 0 Å². The van der Waals surface area contributed by atoms with Crippen LogP contribution in [0.4, 0.5) is 10.1 Å². The average molecular weight is 182 g/mol. The molecule has 0 saturated carbocycles. The lowest BCUT2D eigenvalue weighted by Crippen LogP contribution is -2.22. The summed E-state index contributed by atoms with van der Waals surface area (Å²) in [4.78, 5) is 10.9. The number of carbonyl (C=O) groups excluding carboxylic acids is 1. The lowest BCUT2D eigenvalue weighted by Gasteiger charge is -2.06. The Morgan fingerprint density at radius 3 is 2.85 bits per heavy atom. The minimum absolute atomic E-state index is 0.0726. The number of halogens is 1. The summed E-state index contributed by atoms with van der Waals surface area (Å²) in [5.74, 6) is -0.599. The molecule has 1 aromatic rings. The van der Waals surface area contributed by atoms with Crippen molar-refractivity contribution in [3.63, 3.8) is 0 Å². The number of anilines is 1. The fourth-order valence-electron chi connectivity index (χ4n) is 0.969. The molecule has 1 amide bonds. The molecule has 0 fully saturated rings. The Hall–Kier alpha value is -1.42. The highest BCUT2D eigenvalue weighted by Crippen LogP contribution is 2.14. The first kappa shape index (κ1) is 9.67. The van der Waals surface area contributed by atoms with Gasteiger partial charge < -0.3 is 11.1 Å². The number of amides is 1. The van der Waals surface area contributed by atoms with Crippen molar-refractivity contribution in [2.75, 3.05) is 11.9 Å². The third-order valence-electron chi connectivity index (χ3n) is 1.65. The van der Waals surface area contributed by atoms with Crippen molar-refractivity contribution in [3.8, 4) is 0 Å². The van der Waals surface area contributed by atoms with Crippen molar-refractivity contribution < 1.29 is 9.18 Å². The van der Waals surface area contributed by atoms with E-state index >= 15 is 0 Å². The molecule has 13 heavy (non-hydrogen) atoms. The van der Waals surface area contributed by atoms with Crippen LogP contribution in [-0.4, -0.2) is 12.5 Å². The quantitative estimate of drug-likeness (QED) is 0.717. The van der Waals surface area contributed by atoms with E-state index < -0.39 is 0 Å². The molecule has 0 saturated heterocycles. The van der Waals surface area contributed by atoms with E-state index in [1.165, 1.54) is 18.2 Å². The van der Waals surface area contributed by atoms with Crippen molar-refractivity contribution >= 4 is 11.6 Å². The van der Waals surface area contributed by atoms with Gasteiger partial charge in [-0.15, -0.1) is 0 Å². The van der Waals surface area contributed by atoms with Crippen molar-refractivity contribution in [1.82, 2.24) is 0 Å². The number of carbonyl (C=O) groups is 1. The number of aryl methyl sites for hydroxylation is 1. The number of rotatable bonds is 2. The number of benzene rings is 1. The van der Waals surface area contributed by atoms with Crippen LogP contribution in [0.1, 0.15) is 5.56 Å². The van der Waals surface area contributed by atoms with E-state index in [1.807, 2.05) is 0 Å². The van der Waals surface area contributed by atoms with Crippen molar-refractivity contribution in [2.45, 2.75) is 6.92 Å². The van der Waals surface area contributed by atoms with Gasteiger partial charge in [-0.25, -0.2) is 4.39 Å². The van der Waals surface area contributed by atoms with Crippen LogP contribution in [0.5, 0.6) is 0 Å². The molecule has 0 unspecified atom stereocenters. The number of nitrogens with two attached hydrogens (primary N) is 1. The smallest absolute Gasteiger partial charge is 0.238 e. The first-order valence-corrected chi connectivity index (χ1v) is 3.89. The fraction of sp³-hybridized carbons (Fsp3) is 0.222. The first-order chi connectivity index (χ1) is 6.13. The third kappa shape index (κ3) is 2.52. The Labute approximate surface area is 75.7 Å². The molecule has 70 valence electrons. The zero-order chi connectivity index (χ0) is 9.84. The molecule has 0 spiro atoms. The SMILES string of the molecule is Cc1cc(F)ccc1NC(=O)CN. The Balaban J connectivity index is 2.83. The van der Waals surface area contributed by atoms with Gasteiger partial charge in [0.2, 0.25) is 5.91 Å². The summed E-state index contributed by atoms with van der Waals surface area (Å²) in [6, 6.07) is 4.16. The van der Waals surface area contributed by atoms with Crippen LogP contribution in [0, 0.1) is 12.7 Å². The molecule has 0 aromatic heterocycles. The van der Waals surface area contributed by atoms with Gasteiger partial charge in [-0.1, -0.05) is 0 Å². The second-order valence-electron chi connectivity index (χ2n) is 2.71. The van der Waals surface area contributed by atoms with Crippen LogP contribution >= 0.6 is 0 Å². The van der Waals surface area contributed by atoms with Gasteiger partial charge in [0.05, 0.1) is 6.54 Å². The Morgan fingerprint density at radius 1 is 1.62 bits per heavy atom. The Bertz CT molecular complexity index is 325. The third-order valence-corrected chi connectivity index (χ3v) is 1.65. The van der Waals surface area contributed by atoms with Crippen LogP contribution in [-0.2, 0) is 4.79 Å². The highest BCUT2D eigenvalue weighted by molar-refractivity contribution is 5.92. The summed E-state index contributed by atoms with van der Waals surface area (Å²) < 4.78 is 12.6. The van der Waals surface area contributed by atoms with Gasteiger partial charge in [0.1, 0.15) is 5.82 Å². The van der Waals surface area contributed by atoms with E-state index in [4.69, 9.17) is 5.73 Å². The maximum atomic E-state index is 12.6. The van der Waals surface area contributed by atoms with E-state index in [0.29, 0.717) is 11.3 Å². The normalized spacial score (nSPS) is 9.77. The first-order valence-electron chi connectivity index (χ1n) is 3.89. The van der Waals surface area contributed by atoms with Gasteiger partial charge in [0, 0.05) is 5.69 Å². The van der Waals surface area contributed by atoms with Crippen LogP contribution < -0.4 is 11.1 Å². The maximum absolute atomic E-state index is 12.6. The van der Waals surface area contributed by atoms with Gasteiger partial charge in [0.25, 0.3) is 0 Å². The highest BCUT2D eigenvalue weighted by atomic mass is 19.1. The minimum atomic E-state index is -0.316. The van der Waals surface area contributed by atoms with E-state index in [9.17, 15) is 9.18 Å². The van der Waals surface area contributed by atoms with Gasteiger partial charge in [0.15, 0.2) is 0 Å². The molecular weight excluding hydrogens is 171 g/mol. The molecule has 1 rings (SSSR count). The average Bonchev–Trinajstić information content (AvgIpc) is 2.09. The fourth-order valence-corrected chi connectivity index (χ4v) is 0.969. The second-order valence-corrected chi connectivity index (χ2v) is 2.71. The molecule has 1 aromatic carbocycles. The van der Waals surface area contributed by atoms with Crippen molar-refractivity contribution in [3.05, 3.63) is 29.6 Å². The maximum Gasteiger partial charge on any atom is 0.238 e. The van der Waals surface area contributed by atoms with Crippen LogP contribution in [0.2, 0.25) is 0 Å². The molecule has 3 nitrogen and oxygen atoms in total. The predicted octanol–water partition coefficient (Wildman–Crippen LogP) is 1.03. The van der Waals surface area contributed by atoms with Crippen molar-refractivity contribution in [1.29, 1.82) is 0 Å². The summed E-state index contributed by atoms with van der Waals surface area (Å²) in [5, 5.41) is 2.56. The molecule has 0 heterocycles. The standard InChI is InChI=1S/C9H11FN2O/c1-6-4-7(10)2-3-8(6)12-9(13)5-11/h2-4H,5,11H2,1H3,(H,12,13). The zero-order valence-electron chi connectivity index (χ0n) is 7.30. The van der Waals surface area contributed by atoms with Crippen molar-refractivity contribution in [2.24, 2.45) is 5.73 Å². The molecule has 0 radical (unpaired) electrons. The second kappa shape index (κ2) is 4.00. The lowest BCUT2D eigenvalue weighted by molar-refractivity contribution is -0.114. The summed E-state index contributed by atoms with van der Waals surface area (Å²) in [6.45, 7) is 1.64. The Morgan fingerprint density at radius 2 is 2.31 bits per heavy atom. The summed E-state index contributed by atoms with van der Waals surface area (Å²) >= 11 is 0. The topological polar surface area (TPSA) is 55.1 Å². The summed E-state index contributed by atoms with van der Waals surface area (Å²) in [6.07, 6.45) is 0. The van der Waals surface area contributed by atoms with Crippen LogP contribution in [0.15, 0.2) is 18.2 Å². The molecule has 0 aliphatic rings. The van der Waals surface area contributed by atoms with Gasteiger partial charge in [-0.2, -0.15) is 0 Å². The predicted molar refractivity (Wildman–Crippen MR) is 48.8 cm³/mol. The van der Waals surface area contributed by atoms with E-state index in [0.717, 1.165) is 0 Å². The molecule has 4 heteroatoms. The van der Waals surface area contributed by atoms with Gasteiger partial charge in [-0.3, -0.25) is 4.79 Å². The van der Waals surface area contributed by atoms with Crippen LogP contribution in [0.3, 0.4) is 0 Å². The summed E-state index contributed by atoms with van der Waals surface area (Å²) in [5.41, 5.74) is 6.39. The lowest BCUT2D eigenvalue weighted by atomic mass is 10.2. The van der Waals surface area contributed by atoms with Gasteiger partial charge in [-0.05, 0) is 30.7 Å². The molecule has 3 N–H and O–H groups in total. The highest BCUT2D eigenvalue weighted by Gasteiger charge is 2.02. The zero-order valence-corrected chi connectivity index (χ0v) is 7.30. The number of hydrogen-bond donors (Lipinski definition) is 2. The summed E-state index contributed by atoms with van der Waals surface area (Å²) in [7, 11) is 0. The van der Waals surface area contributed by atoms with Crippen LogP contribution in [0.25, 0.3) is 0 Å². The van der Waals surface area contributed by atoms with E-state index in [2.05, 4.69) is 5.32 Å². The minimum Gasteiger partial charge on any atom is -0.325 e. The van der Waals surface area contributed by atoms with E-state index in [-0.39, 0.29) is 18.3 Å². The number of hydrogen-bond acceptors (Lipinski definition) is 2.